The van der Waals surface area contributed by atoms with Crippen molar-refractivity contribution < 1.29 is 4.42 Å². The van der Waals surface area contributed by atoms with E-state index >= 15 is 0 Å². The van der Waals surface area contributed by atoms with Crippen LogP contribution < -0.4 is 5.32 Å². The Balaban J connectivity index is 2.35. The van der Waals surface area contributed by atoms with Gasteiger partial charge >= 0.3 is 0 Å². The largest absolute Gasteiger partial charge is 0.424 e. The highest BCUT2D eigenvalue weighted by Gasteiger charge is 2.08. The first-order valence-corrected chi connectivity index (χ1v) is 4.62. The first-order valence-electron chi connectivity index (χ1n) is 4.62. The maximum atomic E-state index is 5.23. The molecule has 0 bridgehead atoms. The average molecular weight is 183 g/mol. The Morgan fingerprint density at radius 2 is 2.00 bits per heavy atom. The highest BCUT2D eigenvalue weighted by atomic mass is 16.4. The lowest BCUT2D eigenvalue weighted by atomic mass is 10.1. The molecule has 1 N–H and O–H groups in total. The van der Waals surface area contributed by atoms with Crippen LogP contribution in [0.15, 0.2) is 4.42 Å². The van der Waals surface area contributed by atoms with Crippen LogP contribution in [-0.4, -0.2) is 16.2 Å². The summed E-state index contributed by atoms with van der Waals surface area (Å²) < 4.78 is 5.23. The second-order valence-corrected chi connectivity index (χ2v) is 3.63. The molecule has 1 unspecified atom stereocenters. The Hall–Kier alpha value is -0.900. The van der Waals surface area contributed by atoms with E-state index in [1.807, 2.05) is 0 Å². The SMILES string of the molecule is Cc1nnc(CNC(C)C(C)C)o1. The summed E-state index contributed by atoms with van der Waals surface area (Å²) in [6.45, 7) is 8.95. The van der Waals surface area contributed by atoms with Crippen molar-refractivity contribution in [3.05, 3.63) is 11.8 Å². The van der Waals surface area contributed by atoms with E-state index < -0.39 is 0 Å². The molecule has 0 aliphatic rings. The van der Waals surface area contributed by atoms with E-state index in [1.165, 1.54) is 0 Å². The minimum atomic E-state index is 0.465. The molecule has 0 fully saturated rings. The van der Waals surface area contributed by atoms with Gasteiger partial charge < -0.3 is 9.73 Å². The fourth-order valence-electron chi connectivity index (χ4n) is 0.893. The second-order valence-electron chi connectivity index (χ2n) is 3.63. The van der Waals surface area contributed by atoms with Gasteiger partial charge in [0.1, 0.15) is 0 Å². The van der Waals surface area contributed by atoms with Crippen LogP contribution in [0, 0.1) is 12.8 Å². The minimum absolute atomic E-state index is 0.465. The molecule has 0 saturated carbocycles. The molecular formula is C9H17N3O. The smallest absolute Gasteiger partial charge is 0.230 e. The van der Waals surface area contributed by atoms with Gasteiger partial charge in [-0.2, -0.15) is 0 Å². The van der Waals surface area contributed by atoms with Crippen LogP contribution in [0.4, 0.5) is 0 Å². The molecule has 0 aromatic carbocycles. The van der Waals surface area contributed by atoms with Gasteiger partial charge in [-0.1, -0.05) is 13.8 Å². The lowest BCUT2D eigenvalue weighted by Crippen LogP contribution is -2.30. The Kier molecular flexibility index (Phi) is 3.42. The van der Waals surface area contributed by atoms with Crippen molar-refractivity contribution in [3.63, 3.8) is 0 Å². The summed E-state index contributed by atoms with van der Waals surface area (Å²) in [6, 6.07) is 0.465. The fourth-order valence-corrected chi connectivity index (χ4v) is 0.893. The van der Waals surface area contributed by atoms with Gasteiger partial charge in [0, 0.05) is 13.0 Å². The fraction of sp³-hybridized carbons (Fsp3) is 0.778. The summed E-state index contributed by atoms with van der Waals surface area (Å²) in [4.78, 5) is 0. The quantitative estimate of drug-likeness (QED) is 0.768. The molecule has 74 valence electrons. The van der Waals surface area contributed by atoms with Crippen LogP contribution in [-0.2, 0) is 6.54 Å². The molecule has 0 saturated heterocycles. The summed E-state index contributed by atoms with van der Waals surface area (Å²) in [5.41, 5.74) is 0. The topological polar surface area (TPSA) is 51.0 Å². The van der Waals surface area contributed by atoms with Crippen LogP contribution in [0.3, 0.4) is 0 Å². The van der Waals surface area contributed by atoms with Gasteiger partial charge in [0.2, 0.25) is 11.8 Å². The number of hydrogen-bond donors (Lipinski definition) is 1. The minimum Gasteiger partial charge on any atom is -0.424 e. The molecule has 0 spiro atoms. The molecule has 1 atom stereocenters. The predicted molar refractivity (Wildman–Crippen MR) is 50.2 cm³/mol. The highest BCUT2D eigenvalue weighted by molar-refractivity contribution is 4.79. The average Bonchev–Trinajstić information content (AvgIpc) is 2.47. The van der Waals surface area contributed by atoms with Gasteiger partial charge in [-0.3, -0.25) is 0 Å². The molecule has 0 radical (unpaired) electrons. The number of nitrogens with zero attached hydrogens (tertiary/aromatic N) is 2. The molecule has 0 aliphatic carbocycles. The summed E-state index contributed by atoms with van der Waals surface area (Å²) >= 11 is 0. The maximum Gasteiger partial charge on any atom is 0.230 e. The Morgan fingerprint density at radius 1 is 1.31 bits per heavy atom. The lowest BCUT2D eigenvalue weighted by Gasteiger charge is -2.15. The third-order valence-corrected chi connectivity index (χ3v) is 2.14. The van der Waals surface area contributed by atoms with E-state index in [4.69, 9.17) is 4.42 Å². The molecule has 0 amide bonds. The molecule has 13 heavy (non-hydrogen) atoms. The molecule has 1 aromatic heterocycles. The molecular weight excluding hydrogens is 166 g/mol. The van der Waals surface area contributed by atoms with Gasteiger partial charge in [-0.25, -0.2) is 0 Å². The first kappa shape index (κ1) is 10.2. The summed E-state index contributed by atoms with van der Waals surface area (Å²) in [7, 11) is 0. The number of nitrogens with one attached hydrogen (secondary N) is 1. The third kappa shape index (κ3) is 3.14. The van der Waals surface area contributed by atoms with E-state index in [0.717, 1.165) is 0 Å². The first-order chi connectivity index (χ1) is 6.09. The predicted octanol–water partition coefficient (Wildman–Crippen LogP) is 1.51. The van der Waals surface area contributed by atoms with Crippen molar-refractivity contribution in [3.8, 4) is 0 Å². The molecule has 1 rings (SSSR count). The lowest BCUT2D eigenvalue weighted by molar-refractivity contribution is 0.384. The van der Waals surface area contributed by atoms with Crippen molar-refractivity contribution in [1.29, 1.82) is 0 Å². The molecule has 4 heteroatoms. The summed E-state index contributed by atoms with van der Waals surface area (Å²) in [5, 5.41) is 11.0. The summed E-state index contributed by atoms with van der Waals surface area (Å²) in [6.07, 6.45) is 0. The van der Waals surface area contributed by atoms with Gasteiger partial charge in [-0.15, -0.1) is 10.2 Å². The van der Waals surface area contributed by atoms with Crippen molar-refractivity contribution in [1.82, 2.24) is 15.5 Å². The van der Waals surface area contributed by atoms with Crippen molar-refractivity contribution in [2.75, 3.05) is 0 Å². The number of aromatic nitrogens is 2. The number of aryl methyl sites for hydroxylation is 1. The number of rotatable bonds is 4. The zero-order valence-electron chi connectivity index (χ0n) is 8.66. The van der Waals surface area contributed by atoms with Crippen molar-refractivity contribution >= 4 is 0 Å². The molecule has 4 nitrogen and oxygen atoms in total. The third-order valence-electron chi connectivity index (χ3n) is 2.14. The van der Waals surface area contributed by atoms with E-state index in [0.29, 0.717) is 30.3 Å². The highest BCUT2D eigenvalue weighted by Crippen LogP contribution is 2.02. The van der Waals surface area contributed by atoms with E-state index in [-0.39, 0.29) is 0 Å². The van der Waals surface area contributed by atoms with E-state index in [9.17, 15) is 0 Å². The standard InChI is InChI=1S/C9H17N3O/c1-6(2)7(3)10-5-9-12-11-8(4)13-9/h6-7,10H,5H2,1-4H3. The Morgan fingerprint density at radius 3 is 2.46 bits per heavy atom. The van der Waals surface area contributed by atoms with Gasteiger partial charge in [0.25, 0.3) is 0 Å². The van der Waals surface area contributed by atoms with Crippen LogP contribution in [0.1, 0.15) is 32.6 Å². The summed E-state index contributed by atoms with van der Waals surface area (Å²) in [5.74, 6) is 1.89. The second kappa shape index (κ2) is 4.37. The van der Waals surface area contributed by atoms with E-state index in [2.05, 4.69) is 36.3 Å². The molecule has 1 heterocycles. The van der Waals surface area contributed by atoms with Crippen molar-refractivity contribution in [2.24, 2.45) is 5.92 Å². The van der Waals surface area contributed by atoms with Crippen LogP contribution in [0.5, 0.6) is 0 Å². The van der Waals surface area contributed by atoms with Crippen LogP contribution in [0.2, 0.25) is 0 Å². The van der Waals surface area contributed by atoms with Gasteiger partial charge in [-0.05, 0) is 12.8 Å². The monoisotopic (exact) mass is 183 g/mol. The molecule has 0 aliphatic heterocycles. The molecule has 1 aromatic rings. The normalized spacial score (nSPS) is 13.6. The van der Waals surface area contributed by atoms with Gasteiger partial charge in [0.05, 0.1) is 6.54 Å². The van der Waals surface area contributed by atoms with Crippen molar-refractivity contribution in [2.45, 2.75) is 40.3 Å². The van der Waals surface area contributed by atoms with Crippen LogP contribution in [0.25, 0.3) is 0 Å². The maximum absolute atomic E-state index is 5.23. The Labute approximate surface area is 78.7 Å². The van der Waals surface area contributed by atoms with Crippen LogP contribution >= 0.6 is 0 Å². The number of hydrogen-bond acceptors (Lipinski definition) is 4. The zero-order chi connectivity index (χ0) is 9.84. The van der Waals surface area contributed by atoms with E-state index in [1.54, 1.807) is 6.92 Å². The Bertz CT molecular complexity index is 257. The zero-order valence-corrected chi connectivity index (χ0v) is 8.66. The van der Waals surface area contributed by atoms with Gasteiger partial charge in [0.15, 0.2) is 0 Å².